The standard InChI is InChI=1S/C19H21N3O3S/c1-12(14-10-13(24-2)8-9-17(14)25-3)20-18(23)11-26-19-21-15-6-4-5-7-16(15)22-19/h4-10,12H,11H2,1-3H3,(H,20,23)(H,21,22)/t12-/m0/s1. The number of nitrogens with one attached hydrogen (secondary N) is 2. The largest absolute Gasteiger partial charge is 0.497 e. The van der Waals surface area contributed by atoms with E-state index in [-0.39, 0.29) is 17.7 Å². The van der Waals surface area contributed by atoms with Crippen molar-refractivity contribution in [3.63, 3.8) is 0 Å². The number of amides is 1. The third-order valence-electron chi connectivity index (χ3n) is 3.99. The Morgan fingerprint density at radius 2 is 2.04 bits per heavy atom. The van der Waals surface area contributed by atoms with Gasteiger partial charge in [0.05, 0.1) is 37.0 Å². The summed E-state index contributed by atoms with van der Waals surface area (Å²) < 4.78 is 10.6. The fourth-order valence-corrected chi connectivity index (χ4v) is 3.37. The zero-order chi connectivity index (χ0) is 18.5. The number of H-pyrrole nitrogens is 1. The molecule has 1 heterocycles. The van der Waals surface area contributed by atoms with Crippen molar-refractivity contribution in [1.29, 1.82) is 0 Å². The van der Waals surface area contributed by atoms with Crippen LogP contribution < -0.4 is 14.8 Å². The molecule has 2 aromatic carbocycles. The number of hydrogen-bond acceptors (Lipinski definition) is 5. The molecule has 1 amide bonds. The number of ether oxygens (including phenoxy) is 2. The number of hydrogen-bond donors (Lipinski definition) is 2. The van der Waals surface area contributed by atoms with Gasteiger partial charge in [-0.3, -0.25) is 4.79 Å². The predicted molar refractivity (Wildman–Crippen MR) is 103 cm³/mol. The highest BCUT2D eigenvalue weighted by Gasteiger charge is 2.16. The Balaban J connectivity index is 1.62. The van der Waals surface area contributed by atoms with Crippen LogP contribution in [0, 0.1) is 0 Å². The molecule has 0 radical (unpaired) electrons. The highest BCUT2D eigenvalue weighted by Crippen LogP contribution is 2.29. The monoisotopic (exact) mass is 371 g/mol. The van der Waals surface area contributed by atoms with Gasteiger partial charge in [-0.1, -0.05) is 23.9 Å². The maximum atomic E-state index is 12.3. The topological polar surface area (TPSA) is 76.2 Å². The minimum atomic E-state index is -0.205. The summed E-state index contributed by atoms with van der Waals surface area (Å²) in [7, 11) is 3.22. The van der Waals surface area contributed by atoms with Crippen molar-refractivity contribution in [2.45, 2.75) is 18.1 Å². The van der Waals surface area contributed by atoms with Crippen molar-refractivity contribution in [2.24, 2.45) is 0 Å². The number of carbonyl (C=O) groups is 1. The number of aromatic amines is 1. The van der Waals surface area contributed by atoms with E-state index in [0.29, 0.717) is 5.75 Å². The summed E-state index contributed by atoms with van der Waals surface area (Å²) in [6.45, 7) is 1.92. The highest BCUT2D eigenvalue weighted by atomic mass is 32.2. The van der Waals surface area contributed by atoms with E-state index in [4.69, 9.17) is 9.47 Å². The molecule has 3 rings (SSSR count). The van der Waals surface area contributed by atoms with Crippen LogP contribution >= 0.6 is 11.8 Å². The molecule has 26 heavy (non-hydrogen) atoms. The van der Waals surface area contributed by atoms with Crippen molar-refractivity contribution in [2.75, 3.05) is 20.0 Å². The second kappa shape index (κ2) is 8.14. The van der Waals surface area contributed by atoms with Crippen LogP contribution in [0.5, 0.6) is 11.5 Å². The lowest BCUT2D eigenvalue weighted by Gasteiger charge is -2.18. The van der Waals surface area contributed by atoms with Crippen LogP contribution in [0.15, 0.2) is 47.6 Å². The summed E-state index contributed by atoms with van der Waals surface area (Å²) in [6, 6.07) is 13.1. The molecule has 1 atom stereocenters. The normalized spacial score (nSPS) is 12.0. The van der Waals surface area contributed by atoms with Gasteiger partial charge in [0.2, 0.25) is 5.91 Å². The first-order valence-corrected chi connectivity index (χ1v) is 9.18. The Hall–Kier alpha value is -2.67. The Morgan fingerprint density at radius 1 is 1.23 bits per heavy atom. The summed E-state index contributed by atoms with van der Waals surface area (Å²) in [5, 5.41) is 3.72. The molecule has 0 aliphatic carbocycles. The van der Waals surface area contributed by atoms with Gasteiger partial charge in [-0.25, -0.2) is 4.98 Å². The highest BCUT2D eigenvalue weighted by molar-refractivity contribution is 7.99. The van der Waals surface area contributed by atoms with E-state index >= 15 is 0 Å². The number of aromatic nitrogens is 2. The molecule has 136 valence electrons. The van der Waals surface area contributed by atoms with E-state index in [9.17, 15) is 4.79 Å². The smallest absolute Gasteiger partial charge is 0.230 e. The number of rotatable bonds is 7. The zero-order valence-corrected chi connectivity index (χ0v) is 15.7. The lowest BCUT2D eigenvalue weighted by Crippen LogP contribution is -2.28. The molecule has 3 aromatic rings. The number of methoxy groups -OCH3 is 2. The maximum Gasteiger partial charge on any atom is 0.230 e. The van der Waals surface area contributed by atoms with Crippen LogP contribution in [0.1, 0.15) is 18.5 Å². The minimum Gasteiger partial charge on any atom is -0.497 e. The van der Waals surface area contributed by atoms with Gasteiger partial charge in [0.15, 0.2) is 5.16 Å². The number of benzene rings is 2. The average molecular weight is 371 g/mol. The number of nitrogens with zero attached hydrogens (tertiary/aromatic N) is 1. The summed E-state index contributed by atoms with van der Waals surface area (Å²) in [5.74, 6) is 1.63. The molecule has 0 aliphatic rings. The van der Waals surface area contributed by atoms with Gasteiger partial charge in [0.1, 0.15) is 11.5 Å². The van der Waals surface area contributed by atoms with Crippen LogP contribution in [0.3, 0.4) is 0 Å². The number of thioether (sulfide) groups is 1. The van der Waals surface area contributed by atoms with Crippen molar-refractivity contribution in [3.8, 4) is 11.5 Å². The second-order valence-electron chi connectivity index (χ2n) is 5.74. The molecule has 0 fully saturated rings. The van der Waals surface area contributed by atoms with E-state index in [1.165, 1.54) is 11.8 Å². The summed E-state index contributed by atoms with van der Waals surface area (Å²) in [6.07, 6.45) is 0. The molecule has 0 bridgehead atoms. The van der Waals surface area contributed by atoms with E-state index in [1.807, 2.05) is 49.4 Å². The minimum absolute atomic E-state index is 0.0761. The van der Waals surface area contributed by atoms with E-state index in [0.717, 1.165) is 27.5 Å². The number of fused-ring (bicyclic) bond motifs is 1. The molecule has 6 nitrogen and oxygen atoms in total. The number of para-hydroxylation sites is 2. The van der Waals surface area contributed by atoms with Gasteiger partial charge in [-0.05, 0) is 37.3 Å². The molecular formula is C19H21N3O3S. The van der Waals surface area contributed by atoms with Gasteiger partial charge in [0.25, 0.3) is 0 Å². The number of imidazole rings is 1. The molecule has 0 saturated heterocycles. The average Bonchev–Trinajstić information content (AvgIpc) is 3.08. The second-order valence-corrected chi connectivity index (χ2v) is 6.71. The third-order valence-corrected chi connectivity index (χ3v) is 4.86. The first-order chi connectivity index (χ1) is 12.6. The molecule has 1 aromatic heterocycles. The Labute approximate surface area is 156 Å². The molecule has 0 spiro atoms. The Kier molecular flexibility index (Phi) is 5.68. The third kappa shape index (κ3) is 4.11. The van der Waals surface area contributed by atoms with Crippen LogP contribution in [0.2, 0.25) is 0 Å². The molecule has 0 unspecified atom stereocenters. The Bertz CT molecular complexity index is 877. The fourth-order valence-electron chi connectivity index (χ4n) is 2.67. The van der Waals surface area contributed by atoms with E-state index in [2.05, 4.69) is 15.3 Å². The van der Waals surface area contributed by atoms with E-state index < -0.39 is 0 Å². The van der Waals surface area contributed by atoms with Crippen molar-refractivity contribution in [1.82, 2.24) is 15.3 Å². The van der Waals surface area contributed by atoms with Crippen molar-refractivity contribution >= 4 is 28.7 Å². The SMILES string of the molecule is COc1ccc(OC)c([C@H](C)NC(=O)CSc2nc3ccccc3[nH]2)c1. The van der Waals surface area contributed by atoms with Gasteiger partial charge < -0.3 is 19.8 Å². The number of carbonyl (C=O) groups excluding carboxylic acids is 1. The lowest BCUT2D eigenvalue weighted by atomic mass is 10.1. The van der Waals surface area contributed by atoms with Gasteiger partial charge in [-0.15, -0.1) is 0 Å². The Morgan fingerprint density at radius 3 is 2.77 bits per heavy atom. The molecular weight excluding hydrogens is 350 g/mol. The van der Waals surface area contributed by atoms with Crippen LogP contribution in [-0.2, 0) is 4.79 Å². The van der Waals surface area contributed by atoms with Gasteiger partial charge in [-0.2, -0.15) is 0 Å². The summed E-state index contributed by atoms with van der Waals surface area (Å²) in [5.41, 5.74) is 2.73. The van der Waals surface area contributed by atoms with Crippen LogP contribution in [0.25, 0.3) is 11.0 Å². The quantitative estimate of drug-likeness (QED) is 0.621. The summed E-state index contributed by atoms with van der Waals surface area (Å²) >= 11 is 1.37. The van der Waals surface area contributed by atoms with E-state index in [1.54, 1.807) is 14.2 Å². The molecule has 7 heteroatoms. The maximum absolute atomic E-state index is 12.3. The van der Waals surface area contributed by atoms with Crippen molar-refractivity contribution in [3.05, 3.63) is 48.0 Å². The predicted octanol–water partition coefficient (Wildman–Crippen LogP) is 3.55. The molecule has 2 N–H and O–H groups in total. The first-order valence-electron chi connectivity index (χ1n) is 8.19. The first kappa shape index (κ1) is 18.1. The summed E-state index contributed by atoms with van der Waals surface area (Å²) in [4.78, 5) is 20.0. The van der Waals surface area contributed by atoms with Gasteiger partial charge >= 0.3 is 0 Å². The molecule has 0 aliphatic heterocycles. The molecule has 0 saturated carbocycles. The zero-order valence-electron chi connectivity index (χ0n) is 14.9. The lowest BCUT2D eigenvalue weighted by molar-refractivity contribution is -0.119. The van der Waals surface area contributed by atoms with Crippen molar-refractivity contribution < 1.29 is 14.3 Å². The van der Waals surface area contributed by atoms with Crippen LogP contribution in [0.4, 0.5) is 0 Å². The van der Waals surface area contributed by atoms with Gasteiger partial charge in [0, 0.05) is 5.56 Å². The van der Waals surface area contributed by atoms with Crippen LogP contribution in [-0.4, -0.2) is 35.8 Å². The fraction of sp³-hybridized carbons (Fsp3) is 0.263.